The van der Waals surface area contributed by atoms with Crippen LogP contribution in [0.15, 0.2) is 97.6 Å². The van der Waals surface area contributed by atoms with Gasteiger partial charge < -0.3 is 30.3 Å². The average molecular weight is 1100 g/mol. The Labute approximate surface area is 461 Å². The molecule has 4 N–H and O–H groups in total. The number of carbonyl (C=O) groups excluding carboxylic acids is 4. The molecule has 2 aromatic carbocycles. The van der Waals surface area contributed by atoms with E-state index in [9.17, 15) is 47.0 Å². The minimum Gasteiger partial charge on any atom is -0.395 e. The number of nitrogens with one attached hydrogen (secondary N) is 2. The summed E-state index contributed by atoms with van der Waals surface area (Å²) in [6, 6.07) is 19.9. The van der Waals surface area contributed by atoms with Gasteiger partial charge in [0.15, 0.2) is 0 Å². The van der Waals surface area contributed by atoms with Crippen LogP contribution in [0.2, 0.25) is 0 Å². The summed E-state index contributed by atoms with van der Waals surface area (Å²) in [6.45, 7) is 11.6. The molecule has 0 radical (unpaired) electrons. The summed E-state index contributed by atoms with van der Waals surface area (Å²) in [6.07, 6.45) is 8.27. The van der Waals surface area contributed by atoms with Crippen LogP contribution in [0.4, 0.5) is 40.6 Å². The Balaban J connectivity index is 0.000000194. The molecule has 2 fully saturated rings. The molecule has 4 unspecified atom stereocenters. The minimum absolute atomic E-state index is 0.0456. The van der Waals surface area contributed by atoms with Crippen LogP contribution in [0, 0.1) is 25.7 Å². The number of rotatable bonds is 12. The van der Waals surface area contributed by atoms with E-state index in [2.05, 4.69) is 34.4 Å². The van der Waals surface area contributed by atoms with Gasteiger partial charge in [0.2, 0.25) is 11.8 Å². The van der Waals surface area contributed by atoms with E-state index in [4.69, 9.17) is 19.4 Å². The van der Waals surface area contributed by atoms with Crippen molar-refractivity contribution in [2.75, 3.05) is 73.2 Å². The van der Waals surface area contributed by atoms with Gasteiger partial charge in [-0.05, 0) is 122 Å². The molecular weight excluding hydrogens is 1040 g/mol. The zero-order chi connectivity index (χ0) is 57.3. The third kappa shape index (κ3) is 11.4. The summed E-state index contributed by atoms with van der Waals surface area (Å²) in [7, 11) is 0. The third-order valence-corrected chi connectivity index (χ3v) is 16.0. The molecule has 80 heavy (non-hydrogen) atoms. The lowest BCUT2D eigenvalue weighted by Gasteiger charge is -2.44. The van der Waals surface area contributed by atoms with Gasteiger partial charge in [0, 0.05) is 121 Å². The van der Waals surface area contributed by atoms with E-state index in [1.807, 2.05) is 50.2 Å². The fourth-order valence-corrected chi connectivity index (χ4v) is 11.3. The van der Waals surface area contributed by atoms with Gasteiger partial charge in [0.1, 0.15) is 23.0 Å². The quantitative estimate of drug-likeness (QED) is 0.0845. The Morgan fingerprint density at radius 2 is 1.01 bits per heavy atom. The SMILES string of the molecule is Cc1ccc(NC(=O)c2ccnc(C(C)(F)F)c2)cc1-c1cnc2c(c1)C1(C)CCOCCC1C(=O)N2CCO.Cc1ccc(NC(=O)c2ccnc(C(C)(F)F)c2)cc1-c1cnc2c(c1)C1(C)CCOCCC1C(=O)N2CCO. The van der Waals surface area contributed by atoms with Gasteiger partial charge in [-0.15, -0.1) is 0 Å². The summed E-state index contributed by atoms with van der Waals surface area (Å²) in [5, 5.41) is 24.9. The molecule has 0 saturated carbocycles. The number of carbonyl (C=O) groups is 4. The number of benzene rings is 2. The Bertz CT molecular complexity index is 3130. The Kier molecular flexibility index (Phi) is 16.4. The lowest BCUT2D eigenvalue weighted by Crippen LogP contribution is -2.52. The number of ether oxygens (including phenoxy) is 2. The highest BCUT2D eigenvalue weighted by Crippen LogP contribution is 2.50. The van der Waals surface area contributed by atoms with Crippen molar-refractivity contribution >= 4 is 46.6 Å². The van der Waals surface area contributed by atoms with Crippen LogP contribution in [-0.4, -0.2) is 107 Å². The number of aliphatic hydroxyl groups excluding tert-OH is 2. The van der Waals surface area contributed by atoms with E-state index >= 15 is 0 Å². The second-order valence-corrected chi connectivity index (χ2v) is 21.5. The standard InChI is InChI=1S/2C30H32F2N4O4/c2*1-18-4-5-21(35-27(38)19-6-9-33-25(15-19)30(3,31)32)16-22(18)20-14-24-26(34-17-20)36(10-11-37)28(39)23-7-12-40-13-8-29(23,24)2/h2*4-6,9,14-17,23,37H,7-8,10-13H2,1-3H3,(H,35,38). The number of alkyl halides is 4. The second-order valence-electron chi connectivity index (χ2n) is 21.5. The molecule has 20 heteroatoms. The zero-order valence-corrected chi connectivity index (χ0v) is 45.4. The molecule has 10 rings (SSSR count). The van der Waals surface area contributed by atoms with Crippen LogP contribution in [0.25, 0.3) is 22.3 Å². The number of nitrogens with zero attached hydrogens (tertiary/aromatic N) is 6. The number of aryl methyl sites for hydroxylation is 2. The second kappa shape index (κ2) is 22.9. The molecule has 0 spiro atoms. The number of β-amino-alcohol motifs (C(OH)–C–C–N with tert-alkyl or cyclic N) is 2. The molecule has 4 aliphatic rings. The number of halogens is 4. The van der Waals surface area contributed by atoms with Gasteiger partial charge in [0.25, 0.3) is 23.7 Å². The van der Waals surface area contributed by atoms with Gasteiger partial charge in [-0.2, -0.15) is 17.6 Å². The van der Waals surface area contributed by atoms with Crippen LogP contribution in [0.3, 0.4) is 0 Å². The monoisotopic (exact) mass is 1100 g/mol. The van der Waals surface area contributed by atoms with E-state index in [0.29, 0.717) is 75.1 Å². The van der Waals surface area contributed by atoms with Gasteiger partial charge in [-0.3, -0.25) is 38.9 Å². The molecule has 4 aromatic heterocycles. The van der Waals surface area contributed by atoms with Crippen molar-refractivity contribution in [3.63, 3.8) is 0 Å². The summed E-state index contributed by atoms with van der Waals surface area (Å²) in [4.78, 5) is 72.7. The topological polar surface area (TPSA) is 209 Å². The van der Waals surface area contributed by atoms with Crippen molar-refractivity contribution in [1.82, 2.24) is 19.9 Å². The molecule has 4 atom stereocenters. The van der Waals surface area contributed by atoms with E-state index in [1.165, 1.54) is 24.5 Å². The van der Waals surface area contributed by atoms with Gasteiger partial charge in [-0.1, -0.05) is 26.0 Å². The van der Waals surface area contributed by atoms with Gasteiger partial charge in [0.05, 0.1) is 38.1 Å². The number of pyridine rings is 4. The van der Waals surface area contributed by atoms with Crippen molar-refractivity contribution in [1.29, 1.82) is 0 Å². The number of aromatic nitrogens is 4. The highest BCUT2D eigenvalue weighted by molar-refractivity contribution is 6.06. The van der Waals surface area contributed by atoms with Crippen molar-refractivity contribution in [3.8, 4) is 22.3 Å². The van der Waals surface area contributed by atoms with Gasteiger partial charge in [-0.25, -0.2) is 9.97 Å². The number of hydrogen-bond acceptors (Lipinski definition) is 12. The fraction of sp³-hybridized carbons (Fsp3) is 0.400. The molecule has 2 saturated heterocycles. The molecule has 16 nitrogen and oxygen atoms in total. The molecule has 420 valence electrons. The van der Waals surface area contributed by atoms with E-state index < -0.39 is 45.9 Å². The molecule has 8 heterocycles. The highest BCUT2D eigenvalue weighted by Gasteiger charge is 2.51. The van der Waals surface area contributed by atoms with Crippen LogP contribution in [0.5, 0.6) is 0 Å². The van der Waals surface area contributed by atoms with Crippen molar-refractivity contribution in [3.05, 3.63) is 142 Å². The van der Waals surface area contributed by atoms with Gasteiger partial charge >= 0.3 is 0 Å². The minimum atomic E-state index is -3.16. The number of aliphatic hydroxyl groups is 2. The fourth-order valence-electron chi connectivity index (χ4n) is 11.3. The van der Waals surface area contributed by atoms with Crippen LogP contribution >= 0.6 is 0 Å². The number of hydrogen-bond donors (Lipinski definition) is 4. The number of fused-ring (bicyclic) bond motifs is 6. The smallest absolute Gasteiger partial charge is 0.286 e. The first-order chi connectivity index (χ1) is 38.0. The van der Waals surface area contributed by atoms with Crippen LogP contribution in [-0.2, 0) is 41.7 Å². The van der Waals surface area contributed by atoms with E-state index in [-0.39, 0.29) is 61.1 Å². The van der Waals surface area contributed by atoms with Crippen molar-refractivity contribution in [2.45, 2.75) is 89.9 Å². The zero-order valence-electron chi connectivity index (χ0n) is 45.4. The molecular formula is C60H64F4N8O8. The maximum Gasteiger partial charge on any atom is 0.286 e. The molecule has 4 aliphatic heterocycles. The van der Waals surface area contributed by atoms with E-state index in [1.54, 1.807) is 34.3 Å². The maximum absolute atomic E-state index is 13.7. The first-order valence-corrected chi connectivity index (χ1v) is 26.6. The first-order valence-electron chi connectivity index (χ1n) is 26.6. The normalized spacial score (nSPS) is 20.9. The van der Waals surface area contributed by atoms with Crippen LogP contribution < -0.4 is 20.4 Å². The predicted octanol–water partition coefficient (Wildman–Crippen LogP) is 9.68. The molecule has 4 amide bonds. The maximum atomic E-state index is 13.7. The average Bonchev–Trinajstić information content (AvgIpc) is 3.93. The summed E-state index contributed by atoms with van der Waals surface area (Å²) < 4.78 is 66.4. The Hall–Kier alpha value is -7.52. The number of anilines is 4. The van der Waals surface area contributed by atoms with Crippen molar-refractivity contribution in [2.24, 2.45) is 11.8 Å². The van der Waals surface area contributed by atoms with E-state index in [0.717, 1.165) is 70.5 Å². The lowest BCUT2D eigenvalue weighted by molar-refractivity contribution is -0.126. The highest BCUT2D eigenvalue weighted by atomic mass is 19.3. The third-order valence-electron chi connectivity index (χ3n) is 16.0. The summed E-state index contributed by atoms with van der Waals surface area (Å²) >= 11 is 0. The lowest BCUT2D eigenvalue weighted by atomic mass is 9.66. The Morgan fingerprint density at radius 3 is 1.39 bits per heavy atom. The van der Waals surface area contributed by atoms with Crippen molar-refractivity contribution < 1.29 is 56.4 Å². The Morgan fingerprint density at radius 1 is 0.613 bits per heavy atom. The first kappa shape index (κ1) is 57.2. The predicted molar refractivity (Wildman–Crippen MR) is 293 cm³/mol. The largest absolute Gasteiger partial charge is 0.395 e. The molecule has 0 bridgehead atoms. The summed E-state index contributed by atoms with van der Waals surface area (Å²) in [5.74, 6) is -6.97. The summed E-state index contributed by atoms with van der Waals surface area (Å²) in [5.41, 5.74) is 6.24. The molecule has 0 aliphatic carbocycles. The number of amides is 4. The van der Waals surface area contributed by atoms with Crippen LogP contribution in [0.1, 0.15) is 108 Å². The molecule has 6 aromatic rings.